The van der Waals surface area contributed by atoms with Gasteiger partial charge in [-0.1, -0.05) is 6.92 Å². The van der Waals surface area contributed by atoms with Gasteiger partial charge in [0.15, 0.2) is 0 Å². The van der Waals surface area contributed by atoms with Crippen LogP contribution >= 0.6 is 0 Å². The second-order valence-electron chi connectivity index (χ2n) is 4.50. The van der Waals surface area contributed by atoms with Crippen LogP contribution in [-0.4, -0.2) is 54.6 Å². The highest BCUT2D eigenvalue weighted by Crippen LogP contribution is 2.11. The number of hydrogen-bond donors (Lipinski definition) is 1. The van der Waals surface area contributed by atoms with Crippen LogP contribution in [0.2, 0.25) is 6.04 Å². The first kappa shape index (κ1) is 16.1. The summed E-state index contributed by atoms with van der Waals surface area (Å²) in [4.78, 5) is 2.27. The molecule has 0 aliphatic rings. The van der Waals surface area contributed by atoms with Crippen molar-refractivity contribution in [3.05, 3.63) is 0 Å². The number of nitrogens with zero attached hydrogens (tertiary/aromatic N) is 1. The monoisotopic (exact) mass is 248 g/mol. The summed E-state index contributed by atoms with van der Waals surface area (Å²) in [6.45, 7) is 2.22. The normalized spacial score (nSPS) is 15.8. The summed E-state index contributed by atoms with van der Waals surface area (Å²) < 4.78 is 10.6. The van der Waals surface area contributed by atoms with Gasteiger partial charge in [0.2, 0.25) is 0 Å². The second kappa shape index (κ2) is 9.12. The molecular weight excluding hydrogens is 220 g/mol. The third-order valence-electron chi connectivity index (χ3n) is 3.09. The highest BCUT2D eigenvalue weighted by Gasteiger charge is 2.17. The zero-order chi connectivity index (χ0) is 12.6. The number of hydrogen-bond acceptors (Lipinski definition) is 4. The molecule has 0 aliphatic heterocycles. The molecule has 0 saturated heterocycles. The molecule has 0 aliphatic carbocycles. The summed E-state index contributed by atoms with van der Waals surface area (Å²) in [5.74, 6) is 0. The van der Waals surface area contributed by atoms with Gasteiger partial charge < -0.3 is 19.5 Å². The Hall–Kier alpha value is 0.0569. The van der Waals surface area contributed by atoms with E-state index >= 15 is 0 Å². The van der Waals surface area contributed by atoms with Crippen LogP contribution in [-0.2, 0) is 8.85 Å². The Balaban J connectivity index is 3.82. The molecule has 5 heteroatoms. The zero-order valence-corrected chi connectivity index (χ0v) is 12.6. The van der Waals surface area contributed by atoms with Crippen molar-refractivity contribution in [3.63, 3.8) is 0 Å². The minimum Gasteiger partial charge on any atom is -0.400 e. The highest BCUT2D eigenvalue weighted by atomic mass is 28.3. The van der Waals surface area contributed by atoms with E-state index in [1.165, 1.54) is 6.42 Å². The molecule has 2 N–H and O–H groups in total. The maximum atomic E-state index is 6.09. The molecule has 0 aromatic rings. The van der Waals surface area contributed by atoms with Gasteiger partial charge in [-0.25, -0.2) is 0 Å². The van der Waals surface area contributed by atoms with Gasteiger partial charge in [0.25, 0.3) is 0 Å². The molecule has 0 saturated carbocycles. The van der Waals surface area contributed by atoms with Crippen LogP contribution in [0.25, 0.3) is 0 Å². The van der Waals surface area contributed by atoms with Crippen LogP contribution in [0, 0.1) is 0 Å². The van der Waals surface area contributed by atoms with E-state index in [-0.39, 0.29) is 6.04 Å². The Labute approximate surface area is 102 Å². The standard InChI is InChI=1S/C11H28N2O2Si/c1-6-11(13(2)3)8-7-10(12)9-16(14-4)15-5/h10-11,16H,6-9,12H2,1-5H3. The average molecular weight is 248 g/mol. The van der Waals surface area contributed by atoms with Crippen LogP contribution in [0.15, 0.2) is 0 Å². The molecule has 98 valence electrons. The van der Waals surface area contributed by atoms with Gasteiger partial charge in [-0.3, -0.25) is 0 Å². The molecule has 2 atom stereocenters. The Morgan fingerprint density at radius 2 is 1.75 bits per heavy atom. The van der Waals surface area contributed by atoms with E-state index in [1.807, 2.05) is 0 Å². The summed E-state index contributed by atoms with van der Waals surface area (Å²) in [6.07, 6.45) is 3.38. The van der Waals surface area contributed by atoms with Gasteiger partial charge in [-0.05, 0) is 33.4 Å². The summed E-state index contributed by atoms with van der Waals surface area (Å²) in [5, 5.41) is 0. The largest absolute Gasteiger partial charge is 0.400 e. The van der Waals surface area contributed by atoms with Crippen molar-refractivity contribution in [2.75, 3.05) is 28.3 Å². The van der Waals surface area contributed by atoms with Gasteiger partial charge in [0.1, 0.15) is 0 Å². The molecule has 0 heterocycles. The quantitative estimate of drug-likeness (QED) is 0.617. The summed E-state index contributed by atoms with van der Waals surface area (Å²) in [6, 6.07) is 1.75. The lowest BCUT2D eigenvalue weighted by Gasteiger charge is -2.24. The lowest BCUT2D eigenvalue weighted by molar-refractivity contribution is 0.255. The molecule has 0 bridgehead atoms. The average Bonchev–Trinajstić information content (AvgIpc) is 2.26. The SMILES string of the molecule is CCC(CCC(N)C[SiH](OC)OC)N(C)C. The van der Waals surface area contributed by atoms with Crippen molar-refractivity contribution in [1.82, 2.24) is 4.90 Å². The Bertz CT molecular complexity index is 166. The van der Waals surface area contributed by atoms with Gasteiger partial charge in [0, 0.05) is 32.3 Å². The van der Waals surface area contributed by atoms with Crippen molar-refractivity contribution in [2.24, 2.45) is 5.73 Å². The van der Waals surface area contributed by atoms with Crippen molar-refractivity contribution >= 4 is 9.28 Å². The molecule has 0 aromatic carbocycles. The molecule has 0 rings (SSSR count). The smallest absolute Gasteiger partial charge is 0.322 e. The first-order valence-corrected chi connectivity index (χ1v) is 7.78. The minimum absolute atomic E-state index is 0.213. The van der Waals surface area contributed by atoms with E-state index in [0.717, 1.165) is 18.9 Å². The molecule has 0 radical (unpaired) electrons. The van der Waals surface area contributed by atoms with Crippen LogP contribution < -0.4 is 5.73 Å². The summed E-state index contributed by atoms with van der Waals surface area (Å²) in [5.41, 5.74) is 6.09. The molecule has 2 unspecified atom stereocenters. The van der Waals surface area contributed by atoms with Crippen LogP contribution in [0.4, 0.5) is 0 Å². The van der Waals surface area contributed by atoms with Crippen molar-refractivity contribution in [1.29, 1.82) is 0 Å². The minimum atomic E-state index is -1.49. The fourth-order valence-electron chi connectivity index (χ4n) is 1.89. The van der Waals surface area contributed by atoms with Crippen LogP contribution in [0.3, 0.4) is 0 Å². The fourth-order valence-corrected chi connectivity index (χ4v) is 3.20. The van der Waals surface area contributed by atoms with Gasteiger partial charge in [-0.2, -0.15) is 0 Å². The van der Waals surface area contributed by atoms with Gasteiger partial charge >= 0.3 is 9.28 Å². The van der Waals surface area contributed by atoms with Crippen molar-refractivity contribution in [2.45, 2.75) is 44.3 Å². The predicted octanol–water partition coefficient (Wildman–Crippen LogP) is 0.947. The first-order chi connectivity index (χ1) is 7.54. The van der Waals surface area contributed by atoms with E-state index in [1.54, 1.807) is 14.2 Å². The zero-order valence-electron chi connectivity index (χ0n) is 11.4. The molecule has 16 heavy (non-hydrogen) atoms. The molecule has 0 fully saturated rings. The number of rotatable bonds is 9. The lowest BCUT2D eigenvalue weighted by Crippen LogP contribution is -2.33. The lowest BCUT2D eigenvalue weighted by atomic mass is 10.0. The van der Waals surface area contributed by atoms with E-state index in [9.17, 15) is 0 Å². The van der Waals surface area contributed by atoms with E-state index < -0.39 is 9.28 Å². The maximum Gasteiger partial charge on any atom is 0.322 e. The highest BCUT2D eigenvalue weighted by molar-refractivity contribution is 6.44. The molecule has 0 aromatic heterocycles. The topological polar surface area (TPSA) is 47.7 Å². The van der Waals surface area contributed by atoms with Crippen molar-refractivity contribution in [3.8, 4) is 0 Å². The van der Waals surface area contributed by atoms with Gasteiger partial charge in [0.05, 0.1) is 0 Å². The summed E-state index contributed by atoms with van der Waals surface area (Å²) in [7, 11) is 6.19. The Morgan fingerprint density at radius 1 is 1.19 bits per heavy atom. The molecule has 0 spiro atoms. The van der Waals surface area contributed by atoms with Crippen molar-refractivity contribution < 1.29 is 8.85 Å². The van der Waals surface area contributed by atoms with E-state index in [4.69, 9.17) is 14.6 Å². The van der Waals surface area contributed by atoms with E-state index in [0.29, 0.717) is 6.04 Å². The third kappa shape index (κ3) is 6.60. The Morgan fingerprint density at radius 3 is 2.12 bits per heavy atom. The fraction of sp³-hybridized carbons (Fsp3) is 1.00. The molecular formula is C11H28N2O2Si. The predicted molar refractivity (Wildman–Crippen MR) is 70.9 cm³/mol. The Kier molecular flexibility index (Phi) is 9.16. The first-order valence-electron chi connectivity index (χ1n) is 6.02. The number of nitrogens with two attached hydrogens (primary N) is 1. The van der Waals surface area contributed by atoms with Crippen LogP contribution in [0.5, 0.6) is 0 Å². The van der Waals surface area contributed by atoms with E-state index in [2.05, 4.69) is 25.9 Å². The second-order valence-corrected chi connectivity index (χ2v) is 6.77. The van der Waals surface area contributed by atoms with Gasteiger partial charge in [-0.15, -0.1) is 0 Å². The molecule has 0 amide bonds. The van der Waals surface area contributed by atoms with Crippen LogP contribution in [0.1, 0.15) is 26.2 Å². The molecule has 4 nitrogen and oxygen atoms in total. The third-order valence-corrected chi connectivity index (χ3v) is 5.14. The summed E-state index contributed by atoms with van der Waals surface area (Å²) >= 11 is 0. The maximum absolute atomic E-state index is 6.09.